The van der Waals surface area contributed by atoms with Crippen LogP contribution in [0, 0.1) is 20.8 Å². The molecule has 0 amide bonds. The molecule has 26 heavy (non-hydrogen) atoms. The molecule has 0 saturated carbocycles. The molecule has 0 fully saturated rings. The van der Waals surface area contributed by atoms with Gasteiger partial charge in [-0.3, -0.25) is 0 Å². The Kier molecular flexibility index (Phi) is 4.45. The highest BCUT2D eigenvalue weighted by atomic mass is 35.5. The lowest BCUT2D eigenvalue weighted by Crippen LogP contribution is -2.31. The van der Waals surface area contributed by atoms with Gasteiger partial charge in [0.1, 0.15) is 5.75 Å². The fourth-order valence-electron chi connectivity index (χ4n) is 4.26. The predicted molar refractivity (Wildman–Crippen MR) is 109 cm³/mol. The van der Waals surface area contributed by atoms with Crippen molar-refractivity contribution in [3.63, 3.8) is 0 Å². The summed E-state index contributed by atoms with van der Waals surface area (Å²) >= 11 is 6.40. The number of H-pyrrole nitrogens is 1. The Labute approximate surface area is 159 Å². The molecule has 1 unspecified atom stereocenters. The average Bonchev–Trinajstić information content (AvgIpc) is 2.96. The lowest BCUT2D eigenvalue weighted by atomic mass is 9.92. The van der Waals surface area contributed by atoms with Crippen molar-refractivity contribution < 1.29 is 4.74 Å². The number of aromatic nitrogens is 1. The molecule has 3 aromatic rings. The second kappa shape index (κ2) is 6.64. The van der Waals surface area contributed by atoms with E-state index in [2.05, 4.69) is 43.2 Å². The number of aromatic amines is 1. The Morgan fingerprint density at radius 1 is 1.12 bits per heavy atom. The molecule has 2 aromatic carbocycles. The average molecular weight is 369 g/mol. The van der Waals surface area contributed by atoms with Gasteiger partial charge in [-0.05, 0) is 69.0 Å². The minimum atomic E-state index is 0.0600. The molecule has 136 valence electrons. The van der Waals surface area contributed by atoms with Gasteiger partial charge in [0.05, 0.1) is 12.6 Å². The van der Waals surface area contributed by atoms with Gasteiger partial charge in [0.25, 0.3) is 0 Å². The van der Waals surface area contributed by atoms with Gasteiger partial charge >= 0.3 is 0 Å². The zero-order chi connectivity index (χ0) is 18.4. The van der Waals surface area contributed by atoms with Crippen LogP contribution in [-0.4, -0.2) is 18.1 Å². The molecule has 0 saturated heterocycles. The van der Waals surface area contributed by atoms with E-state index in [1.54, 1.807) is 0 Å². The Hall–Kier alpha value is -1.97. The van der Waals surface area contributed by atoms with Crippen LogP contribution in [0.25, 0.3) is 10.9 Å². The van der Waals surface area contributed by atoms with Crippen LogP contribution in [0.15, 0.2) is 24.3 Å². The zero-order valence-electron chi connectivity index (χ0n) is 15.8. The van der Waals surface area contributed by atoms with Crippen molar-refractivity contribution in [2.24, 2.45) is 0 Å². The van der Waals surface area contributed by atoms with Crippen LogP contribution < -0.4 is 10.1 Å². The third kappa shape index (κ3) is 2.80. The van der Waals surface area contributed by atoms with Crippen LogP contribution >= 0.6 is 11.6 Å². The SMILES string of the molecule is CCOc1c(C)cc(Cl)cc1C1NCCc2c1[nH]c1c(C)cc(C)cc21. The highest BCUT2D eigenvalue weighted by Gasteiger charge is 2.28. The van der Waals surface area contributed by atoms with E-state index in [0.29, 0.717) is 6.61 Å². The topological polar surface area (TPSA) is 37.0 Å². The van der Waals surface area contributed by atoms with Gasteiger partial charge in [0.15, 0.2) is 0 Å². The molecule has 1 aliphatic heterocycles. The number of fused-ring (bicyclic) bond motifs is 3. The van der Waals surface area contributed by atoms with Gasteiger partial charge in [0.2, 0.25) is 0 Å². The van der Waals surface area contributed by atoms with Crippen molar-refractivity contribution in [1.29, 1.82) is 0 Å². The molecule has 0 bridgehead atoms. The molecule has 2 heterocycles. The molecule has 0 spiro atoms. The third-order valence-electron chi connectivity index (χ3n) is 5.27. The van der Waals surface area contributed by atoms with Crippen LogP contribution in [0.5, 0.6) is 5.75 Å². The summed E-state index contributed by atoms with van der Waals surface area (Å²) in [7, 11) is 0. The maximum atomic E-state index is 6.40. The maximum absolute atomic E-state index is 6.40. The molecule has 1 aromatic heterocycles. The number of ether oxygens (including phenoxy) is 1. The monoisotopic (exact) mass is 368 g/mol. The number of nitrogens with one attached hydrogen (secondary N) is 2. The summed E-state index contributed by atoms with van der Waals surface area (Å²) in [6.07, 6.45) is 1.03. The minimum Gasteiger partial charge on any atom is -0.493 e. The summed E-state index contributed by atoms with van der Waals surface area (Å²) in [5, 5.41) is 5.77. The lowest BCUT2D eigenvalue weighted by molar-refractivity contribution is 0.330. The molecule has 4 rings (SSSR count). The first-order valence-corrected chi connectivity index (χ1v) is 9.65. The summed E-state index contributed by atoms with van der Waals surface area (Å²) in [6, 6.07) is 8.60. The number of rotatable bonds is 3. The second-order valence-electron chi connectivity index (χ2n) is 7.23. The smallest absolute Gasteiger partial charge is 0.127 e. The van der Waals surface area contributed by atoms with Crippen molar-refractivity contribution in [3.05, 3.63) is 62.8 Å². The highest BCUT2D eigenvalue weighted by Crippen LogP contribution is 2.40. The van der Waals surface area contributed by atoms with Crippen molar-refractivity contribution in [1.82, 2.24) is 10.3 Å². The molecule has 3 nitrogen and oxygen atoms in total. The van der Waals surface area contributed by atoms with Gasteiger partial charge in [0, 0.05) is 33.7 Å². The van der Waals surface area contributed by atoms with Gasteiger partial charge in [-0.1, -0.05) is 23.2 Å². The Morgan fingerprint density at radius 3 is 2.69 bits per heavy atom. The van der Waals surface area contributed by atoms with Crippen LogP contribution in [0.4, 0.5) is 0 Å². The van der Waals surface area contributed by atoms with E-state index < -0.39 is 0 Å². The van der Waals surface area contributed by atoms with Gasteiger partial charge < -0.3 is 15.0 Å². The molecule has 4 heteroatoms. The number of aryl methyl sites for hydroxylation is 3. The largest absolute Gasteiger partial charge is 0.493 e. The number of hydrogen-bond donors (Lipinski definition) is 2. The Bertz CT molecular complexity index is 990. The number of benzene rings is 2. The summed E-state index contributed by atoms with van der Waals surface area (Å²) in [4.78, 5) is 3.71. The van der Waals surface area contributed by atoms with Crippen LogP contribution in [-0.2, 0) is 6.42 Å². The third-order valence-corrected chi connectivity index (χ3v) is 5.49. The summed E-state index contributed by atoms with van der Waals surface area (Å²) in [5.74, 6) is 0.939. The first-order valence-electron chi connectivity index (χ1n) is 9.27. The fraction of sp³-hybridized carbons (Fsp3) is 0.364. The first kappa shape index (κ1) is 17.4. The molecular formula is C22H25ClN2O. The predicted octanol–water partition coefficient (Wildman–Crippen LogP) is 5.38. The number of halogens is 1. The van der Waals surface area contributed by atoms with Crippen LogP contribution in [0.3, 0.4) is 0 Å². The van der Waals surface area contributed by atoms with E-state index in [1.165, 1.54) is 33.3 Å². The normalized spacial score (nSPS) is 16.7. The molecular weight excluding hydrogens is 344 g/mol. The van der Waals surface area contributed by atoms with Crippen LogP contribution in [0.1, 0.15) is 46.5 Å². The van der Waals surface area contributed by atoms with Crippen molar-refractivity contribution in [3.8, 4) is 5.75 Å². The van der Waals surface area contributed by atoms with E-state index in [0.717, 1.165) is 34.9 Å². The molecule has 1 atom stereocenters. The summed E-state index contributed by atoms with van der Waals surface area (Å²) in [5.41, 5.74) is 8.68. The van der Waals surface area contributed by atoms with Crippen molar-refractivity contribution in [2.75, 3.05) is 13.2 Å². The Morgan fingerprint density at radius 2 is 1.92 bits per heavy atom. The standard InChI is InChI=1S/C22H25ClN2O/c1-5-26-22-14(4)10-15(23)11-18(22)20-21-16(6-7-24-20)17-9-12(2)8-13(3)19(17)25-21/h8-11,20,24-25H,5-7H2,1-4H3. The molecule has 1 aliphatic rings. The zero-order valence-corrected chi connectivity index (χ0v) is 16.6. The van der Waals surface area contributed by atoms with E-state index >= 15 is 0 Å². The summed E-state index contributed by atoms with van der Waals surface area (Å²) in [6.45, 7) is 10.00. The first-order chi connectivity index (χ1) is 12.5. The molecule has 2 N–H and O–H groups in total. The quantitative estimate of drug-likeness (QED) is 0.651. The molecule has 0 aliphatic carbocycles. The van der Waals surface area contributed by atoms with Crippen molar-refractivity contribution >= 4 is 22.5 Å². The minimum absolute atomic E-state index is 0.0600. The van der Waals surface area contributed by atoms with Gasteiger partial charge in [-0.2, -0.15) is 0 Å². The van der Waals surface area contributed by atoms with Crippen molar-refractivity contribution in [2.45, 2.75) is 40.2 Å². The van der Waals surface area contributed by atoms with E-state index in [4.69, 9.17) is 16.3 Å². The maximum Gasteiger partial charge on any atom is 0.127 e. The van der Waals surface area contributed by atoms with Gasteiger partial charge in [-0.25, -0.2) is 0 Å². The van der Waals surface area contributed by atoms with E-state index in [9.17, 15) is 0 Å². The number of hydrogen-bond acceptors (Lipinski definition) is 2. The molecule has 0 radical (unpaired) electrons. The second-order valence-corrected chi connectivity index (χ2v) is 7.67. The van der Waals surface area contributed by atoms with Gasteiger partial charge in [-0.15, -0.1) is 0 Å². The van der Waals surface area contributed by atoms with E-state index in [-0.39, 0.29) is 6.04 Å². The van der Waals surface area contributed by atoms with Crippen LogP contribution in [0.2, 0.25) is 5.02 Å². The highest BCUT2D eigenvalue weighted by molar-refractivity contribution is 6.30. The summed E-state index contributed by atoms with van der Waals surface area (Å²) < 4.78 is 6.00. The Balaban J connectivity index is 1.94. The fourth-order valence-corrected chi connectivity index (χ4v) is 4.54. The lowest BCUT2D eigenvalue weighted by Gasteiger charge is -2.27. The van der Waals surface area contributed by atoms with E-state index in [1.807, 2.05) is 19.1 Å².